The summed E-state index contributed by atoms with van der Waals surface area (Å²) in [6.45, 7) is 4.21. The molecule has 2 aromatic rings. The number of esters is 2. The Balaban J connectivity index is 1.68. The van der Waals surface area contributed by atoms with Gasteiger partial charge in [0.2, 0.25) is 11.4 Å². The molecule has 3 heterocycles. The summed E-state index contributed by atoms with van der Waals surface area (Å²) in [6.07, 6.45) is 8.18. The van der Waals surface area contributed by atoms with Crippen molar-refractivity contribution in [2.75, 3.05) is 13.2 Å². The van der Waals surface area contributed by atoms with Crippen LogP contribution in [0.15, 0.2) is 6.33 Å². The lowest BCUT2D eigenvalue weighted by Gasteiger charge is -2.30. The number of nitrogens with zero attached hydrogens (tertiary/aromatic N) is 4. The second-order valence-electron chi connectivity index (χ2n) is 9.96. The minimum absolute atomic E-state index is 0.0332. The van der Waals surface area contributed by atoms with Crippen LogP contribution in [0.4, 0.5) is 0 Å². The average molecular weight is 562 g/mol. The van der Waals surface area contributed by atoms with Gasteiger partial charge in [-0.3, -0.25) is 14.2 Å². The highest BCUT2D eigenvalue weighted by Gasteiger charge is 2.56. The van der Waals surface area contributed by atoms with E-state index in [2.05, 4.69) is 20.9 Å². The first-order chi connectivity index (χ1) is 18.6. The first-order valence-electron chi connectivity index (χ1n) is 12.9. The Labute approximate surface area is 230 Å². The van der Waals surface area contributed by atoms with Crippen molar-refractivity contribution in [2.45, 2.75) is 77.4 Å². The predicted octanol–water partition coefficient (Wildman–Crippen LogP) is 2.11. The molecule has 0 spiro atoms. The lowest BCUT2D eigenvalue weighted by molar-refractivity contribution is -0.165. The maximum Gasteiger partial charge on any atom is 0.345 e. The van der Waals surface area contributed by atoms with Crippen molar-refractivity contribution >= 4 is 40.6 Å². The van der Waals surface area contributed by atoms with Crippen LogP contribution in [-0.4, -0.2) is 68.9 Å². The van der Waals surface area contributed by atoms with E-state index in [1.807, 2.05) is 0 Å². The number of amides is 1. The van der Waals surface area contributed by atoms with E-state index in [0.717, 1.165) is 25.0 Å². The molecule has 0 aromatic carbocycles. The number of fused-ring (bicyclic) bond motifs is 1. The maximum absolute atomic E-state index is 12.2. The zero-order valence-corrected chi connectivity index (χ0v) is 22.8. The molecule has 4 rings (SSSR count). The van der Waals surface area contributed by atoms with Crippen LogP contribution >= 0.6 is 11.6 Å². The quantitative estimate of drug-likeness (QED) is 0.197. The summed E-state index contributed by atoms with van der Waals surface area (Å²) < 4.78 is 24.0. The Morgan fingerprint density at radius 1 is 1.33 bits per heavy atom. The van der Waals surface area contributed by atoms with Crippen LogP contribution < -0.4 is 5.73 Å². The van der Waals surface area contributed by atoms with Crippen LogP contribution in [0, 0.1) is 23.7 Å². The van der Waals surface area contributed by atoms with E-state index in [1.165, 1.54) is 26.1 Å². The largest absolute Gasteiger partial charge is 0.464 e. The van der Waals surface area contributed by atoms with Gasteiger partial charge in [0, 0.05) is 6.92 Å². The molecule has 1 aliphatic heterocycles. The van der Waals surface area contributed by atoms with Gasteiger partial charge in [0.05, 0.1) is 30.7 Å². The molecule has 0 bridgehead atoms. The lowest BCUT2D eigenvalue weighted by Crippen LogP contribution is -2.45. The molecule has 1 saturated carbocycles. The van der Waals surface area contributed by atoms with Crippen molar-refractivity contribution in [3.8, 4) is 12.3 Å². The minimum atomic E-state index is -1.67. The Morgan fingerprint density at radius 3 is 2.67 bits per heavy atom. The molecule has 2 N–H and O–H groups in total. The van der Waals surface area contributed by atoms with Crippen molar-refractivity contribution in [3.63, 3.8) is 0 Å². The Morgan fingerprint density at radius 2 is 2.05 bits per heavy atom. The fraction of sp³-hybridized carbons (Fsp3) is 0.615. The van der Waals surface area contributed by atoms with Gasteiger partial charge < -0.3 is 24.7 Å². The number of imidazole rings is 1. The van der Waals surface area contributed by atoms with Crippen LogP contribution in [0.2, 0.25) is 5.28 Å². The minimum Gasteiger partial charge on any atom is -0.464 e. The summed E-state index contributed by atoms with van der Waals surface area (Å²) in [5.41, 5.74) is 5.80. The van der Waals surface area contributed by atoms with Gasteiger partial charge in [-0.15, -0.1) is 6.42 Å². The molecule has 12 nitrogen and oxygen atoms in total. The summed E-state index contributed by atoms with van der Waals surface area (Å²) in [6, 6.07) is 0. The van der Waals surface area contributed by atoms with E-state index in [9.17, 15) is 14.4 Å². The molecule has 1 saturated heterocycles. The zero-order chi connectivity index (χ0) is 28.3. The fourth-order valence-electron chi connectivity index (χ4n) is 5.25. The molecule has 5 atom stereocenters. The van der Waals surface area contributed by atoms with Crippen LogP contribution in [0.1, 0.15) is 58.4 Å². The SMILES string of the molecule is C#C[C@@]1(C)[C@@H](COC(C(N)=O)C(=O)OCC)O[C@@H](n2cnc3c(CC4CCCC4)nc(Cl)nc32)[C@@H]1OC(C)=O. The Kier molecular flexibility index (Phi) is 8.73. The predicted molar refractivity (Wildman–Crippen MR) is 138 cm³/mol. The second-order valence-corrected chi connectivity index (χ2v) is 10.3. The maximum atomic E-state index is 12.2. The standard InChI is InChI=1S/C26H32ClN5O7/c1-5-26(4)17(12-37-19(21(28)34)24(35)36-6-2)39-23(20(26)38-14(3)33)32-13-29-18-16(11-15-9-7-8-10-15)30-25(27)31-22(18)32/h1,13,15,17,19-20,23H,6-12H2,2-4H3,(H2,28,34)/t17-,19?,20+,23-,26+/m1/s1. The molecular weight excluding hydrogens is 530 g/mol. The van der Waals surface area contributed by atoms with Crippen molar-refractivity contribution in [3.05, 3.63) is 17.3 Å². The molecule has 2 aliphatic rings. The summed E-state index contributed by atoms with van der Waals surface area (Å²) >= 11 is 6.32. The summed E-state index contributed by atoms with van der Waals surface area (Å²) in [7, 11) is 0. The summed E-state index contributed by atoms with van der Waals surface area (Å²) in [5.74, 6) is 0.607. The Bertz CT molecular complexity index is 1290. The second kappa shape index (κ2) is 11.9. The third-order valence-electron chi connectivity index (χ3n) is 7.30. The van der Waals surface area contributed by atoms with Crippen LogP contribution in [0.5, 0.6) is 0 Å². The summed E-state index contributed by atoms with van der Waals surface area (Å²) in [4.78, 5) is 49.6. The van der Waals surface area contributed by atoms with Gasteiger partial charge in [-0.1, -0.05) is 31.6 Å². The van der Waals surface area contributed by atoms with Crippen LogP contribution in [0.25, 0.3) is 11.2 Å². The van der Waals surface area contributed by atoms with Crippen molar-refractivity contribution in [1.29, 1.82) is 0 Å². The number of nitrogens with two attached hydrogens (primary N) is 1. The normalized spacial score (nSPS) is 25.9. The number of rotatable bonds is 10. The van der Waals surface area contributed by atoms with E-state index in [0.29, 0.717) is 17.1 Å². The lowest BCUT2D eigenvalue weighted by atomic mass is 9.81. The smallest absolute Gasteiger partial charge is 0.345 e. The number of carbonyl (C=O) groups is 3. The zero-order valence-electron chi connectivity index (χ0n) is 22.1. The van der Waals surface area contributed by atoms with Gasteiger partial charge in [-0.05, 0) is 37.8 Å². The molecule has 13 heteroatoms. The number of terminal acetylenes is 1. The van der Waals surface area contributed by atoms with Gasteiger partial charge in [-0.2, -0.15) is 4.98 Å². The Hall–Kier alpha value is -3.27. The highest BCUT2D eigenvalue weighted by Crippen LogP contribution is 2.46. The van der Waals surface area contributed by atoms with E-state index < -0.39 is 47.8 Å². The number of carbonyl (C=O) groups excluding carboxylic acids is 3. The summed E-state index contributed by atoms with van der Waals surface area (Å²) in [5, 5.41) is 0.0533. The van der Waals surface area contributed by atoms with E-state index >= 15 is 0 Å². The van der Waals surface area contributed by atoms with Gasteiger partial charge in [0.15, 0.2) is 18.0 Å². The first kappa shape index (κ1) is 28.7. The molecule has 1 aliphatic carbocycles. The number of hydrogen-bond acceptors (Lipinski definition) is 10. The molecule has 0 radical (unpaired) electrons. The monoisotopic (exact) mass is 561 g/mol. The van der Waals surface area contributed by atoms with Crippen LogP contribution in [-0.2, 0) is 39.8 Å². The van der Waals surface area contributed by atoms with E-state index in [4.69, 9.17) is 42.7 Å². The van der Waals surface area contributed by atoms with Crippen LogP contribution in [0.3, 0.4) is 0 Å². The number of hydrogen-bond donors (Lipinski definition) is 1. The third kappa shape index (κ3) is 5.85. The van der Waals surface area contributed by atoms with Gasteiger partial charge >= 0.3 is 11.9 Å². The van der Waals surface area contributed by atoms with Crippen molar-refractivity contribution in [1.82, 2.24) is 19.5 Å². The topological polar surface area (TPSA) is 158 Å². The molecule has 2 aromatic heterocycles. The van der Waals surface area contributed by atoms with E-state index in [-0.39, 0.29) is 18.5 Å². The molecule has 210 valence electrons. The average Bonchev–Trinajstić information content (AvgIpc) is 3.59. The molecule has 39 heavy (non-hydrogen) atoms. The van der Waals surface area contributed by atoms with Gasteiger partial charge in [0.1, 0.15) is 11.6 Å². The van der Waals surface area contributed by atoms with E-state index in [1.54, 1.807) is 18.4 Å². The highest BCUT2D eigenvalue weighted by molar-refractivity contribution is 6.28. The molecule has 2 fully saturated rings. The van der Waals surface area contributed by atoms with Gasteiger partial charge in [0.25, 0.3) is 5.91 Å². The highest BCUT2D eigenvalue weighted by atomic mass is 35.5. The van der Waals surface area contributed by atoms with Gasteiger partial charge in [-0.25, -0.2) is 14.8 Å². The first-order valence-corrected chi connectivity index (χ1v) is 13.2. The third-order valence-corrected chi connectivity index (χ3v) is 7.47. The van der Waals surface area contributed by atoms with Crippen molar-refractivity contribution < 1.29 is 33.3 Å². The van der Waals surface area contributed by atoms with Crippen molar-refractivity contribution in [2.24, 2.45) is 17.1 Å². The fourth-order valence-corrected chi connectivity index (χ4v) is 5.43. The number of halogens is 1. The number of aromatic nitrogens is 4. The molecule has 1 unspecified atom stereocenters. The molecular formula is C26H32ClN5O7. The number of ether oxygens (including phenoxy) is 4. The molecule has 1 amide bonds. The number of primary amides is 1.